The van der Waals surface area contributed by atoms with Crippen molar-refractivity contribution in [3.05, 3.63) is 47.2 Å². The Hall–Kier alpha value is -2.14. The normalized spacial score (nSPS) is 29.0. The maximum absolute atomic E-state index is 11.3. The van der Waals surface area contributed by atoms with E-state index in [4.69, 9.17) is 5.73 Å². The molecule has 5 nitrogen and oxygen atoms in total. The van der Waals surface area contributed by atoms with Crippen LogP contribution in [0.25, 0.3) is 0 Å². The van der Waals surface area contributed by atoms with Crippen LogP contribution in [-0.2, 0) is 5.60 Å². The molecule has 2 aliphatic rings. The van der Waals surface area contributed by atoms with Gasteiger partial charge in [0.2, 0.25) is 5.95 Å². The summed E-state index contributed by atoms with van der Waals surface area (Å²) in [6.07, 6.45) is 3.63. The number of fused-ring (bicyclic) bond motifs is 2. The van der Waals surface area contributed by atoms with E-state index >= 15 is 0 Å². The van der Waals surface area contributed by atoms with Crippen LogP contribution < -0.4 is 10.6 Å². The highest BCUT2D eigenvalue weighted by atomic mass is 16.3. The fourth-order valence-electron chi connectivity index (χ4n) is 4.41. The fraction of sp³-hybridized carbons (Fsp3) is 0.474. The molecule has 24 heavy (non-hydrogen) atoms. The molecule has 1 aromatic carbocycles. The highest BCUT2D eigenvalue weighted by Gasteiger charge is 2.48. The topological polar surface area (TPSA) is 75.3 Å². The maximum Gasteiger partial charge on any atom is 0.222 e. The molecular weight excluding hydrogens is 300 g/mol. The van der Waals surface area contributed by atoms with Crippen LogP contribution in [0.2, 0.25) is 0 Å². The van der Waals surface area contributed by atoms with Crippen molar-refractivity contribution >= 4 is 11.8 Å². The number of benzene rings is 1. The lowest BCUT2D eigenvalue weighted by Crippen LogP contribution is -2.50. The number of aliphatic hydroxyl groups is 1. The fourth-order valence-corrected chi connectivity index (χ4v) is 4.41. The highest BCUT2D eigenvalue weighted by molar-refractivity contribution is 5.48. The molecule has 2 bridgehead atoms. The van der Waals surface area contributed by atoms with Crippen molar-refractivity contribution in [2.45, 2.75) is 57.2 Å². The first kappa shape index (κ1) is 15.4. The summed E-state index contributed by atoms with van der Waals surface area (Å²) in [5.41, 5.74) is 8.22. The Bertz CT molecular complexity index is 724. The lowest BCUT2D eigenvalue weighted by atomic mass is 9.80. The number of piperidine rings is 1. The smallest absolute Gasteiger partial charge is 0.222 e. The molecule has 5 heteroatoms. The molecule has 2 aromatic rings. The summed E-state index contributed by atoms with van der Waals surface area (Å²) in [4.78, 5) is 11.0. The average Bonchev–Trinajstić information content (AvgIpc) is 2.79. The van der Waals surface area contributed by atoms with Crippen molar-refractivity contribution in [2.24, 2.45) is 0 Å². The molecule has 4 rings (SSSR count). The van der Waals surface area contributed by atoms with Crippen LogP contribution >= 0.6 is 0 Å². The van der Waals surface area contributed by atoms with Crippen molar-refractivity contribution in [2.75, 3.05) is 10.6 Å². The number of nitrogens with zero attached hydrogens (tertiary/aromatic N) is 3. The number of nitrogen functional groups attached to an aromatic ring is 1. The number of rotatable bonds is 2. The Balaban J connectivity index is 1.65. The lowest BCUT2D eigenvalue weighted by Gasteiger charge is -2.44. The molecule has 0 spiro atoms. The monoisotopic (exact) mass is 324 g/mol. The van der Waals surface area contributed by atoms with E-state index in [1.165, 1.54) is 5.56 Å². The van der Waals surface area contributed by atoms with Crippen LogP contribution in [-0.4, -0.2) is 27.2 Å². The zero-order valence-electron chi connectivity index (χ0n) is 14.2. The third kappa shape index (κ3) is 2.53. The van der Waals surface area contributed by atoms with Crippen molar-refractivity contribution < 1.29 is 5.11 Å². The van der Waals surface area contributed by atoms with Gasteiger partial charge in [-0.15, -0.1) is 0 Å². The summed E-state index contributed by atoms with van der Waals surface area (Å²) in [5, 5.41) is 11.3. The third-order valence-electron chi connectivity index (χ3n) is 5.48. The molecule has 0 amide bonds. The molecular formula is C19H24N4O. The summed E-state index contributed by atoms with van der Waals surface area (Å²) < 4.78 is 0. The minimum atomic E-state index is -0.746. The van der Waals surface area contributed by atoms with Gasteiger partial charge < -0.3 is 15.7 Å². The molecule has 1 unspecified atom stereocenters. The van der Waals surface area contributed by atoms with Crippen LogP contribution in [0.3, 0.4) is 0 Å². The second-order valence-corrected chi connectivity index (χ2v) is 7.32. The minimum absolute atomic E-state index is 0.295. The number of anilines is 2. The van der Waals surface area contributed by atoms with E-state index < -0.39 is 5.60 Å². The van der Waals surface area contributed by atoms with Gasteiger partial charge >= 0.3 is 0 Å². The number of hydrogen-bond donors (Lipinski definition) is 2. The van der Waals surface area contributed by atoms with Crippen molar-refractivity contribution in [1.29, 1.82) is 0 Å². The van der Waals surface area contributed by atoms with Crippen LogP contribution in [0.5, 0.6) is 0 Å². The molecule has 3 atom stereocenters. The van der Waals surface area contributed by atoms with Gasteiger partial charge in [0.05, 0.1) is 5.60 Å². The number of aryl methyl sites for hydroxylation is 2. The third-order valence-corrected chi connectivity index (χ3v) is 5.48. The first-order valence-corrected chi connectivity index (χ1v) is 8.64. The second kappa shape index (κ2) is 5.45. The highest BCUT2D eigenvalue weighted by Crippen LogP contribution is 2.47. The first-order valence-electron chi connectivity index (χ1n) is 8.64. The molecule has 0 saturated carbocycles. The van der Waals surface area contributed by atoms with Gasteiger partial charge in [-0.25, -0.2) is 4.98 Å². The quantitative estimate of drug-likeness (QED) is 0.888. The molecule has 0 radical (unpaired) electrons. The van der Waals surface area contributed by atoms with Crippen molar-refractivity contribution in [1.82, 2.24) is 9.97 Å². The Labute approximate surface area is 142 Å². The zero-order chi connectivity index (χ0) is 16.9. The van der Waals surface area contributed by atoms with E-state index in [1.54, 1.807) is 0 Å². The lowest BCUT2D eigenvalue weighted by molar-refractivity contribution is -0.00318. The van der Waals surface area contributed by atoms with Crippen LogP contribution in [0.1, 0.15) is 42.5 Å². The zero-order valence-corrected chi connectivity index (χ0v) is 14.2. The number of hydrogen-bond acceptors (Lipinski definition) is 5. The molecule has 2 saturated heterocycles. The molecule has 1 aromatic heterocycles. The Morgan fingerprint density at radius 3 is 2.29 bits per heavy atom. The van der Waals surface area contributed by atoms with Gasteiger partial charge in [0.25, 0.3) is 0 Å². The van der Waals surface area contributed by atoms with E-state index in [0.29, 0.717) is 18.0 Å². The van der Waals surface area contributed by atoms with E-state index in [-0.39, 0.29) is 0 Å². The van der Waals surface area contributed by atoms with Crippen molar-refractivity contribution in [3.8, 4) is 0 Å². The molecule has 126 valence electrons. The molecule has 0 aliphatic carbocycles. The van der Waals surface area contributed by atoms with Gasteiger partial charge in [0.15, 0.2) is 0 Å². The largest absolute Gasteiger partial charge is 0.385 e. The number of aromatic nitrogens is 2. The maximum atomic E-state index is 11.3. The van der Waals surface area contributed by atoms with Gasteiger partial charge in [-0.1, -0.05) is 29.8 Å². The molecule has 2 aliphatic heterocycles. The van der Waals surface area contributed by atoms with Gasteiger partial charge in [0, 0.05) is 36.7 Å². The first-order chi connectivity index (χ1) is 11.4. The van der Waals surface area contributed by atoms with E-state index in [1.807, 2.05) is 13.0 Å². The summed E-state index contributed by atoms with van der Waals surface area (Å²) in [7, 11) is 0. The van der Waals surface area contributed by atoms with Crippen LogP contribution in [0, 0.1) is 13.8 Å². The van der Waals surface area contributed by atoms with E-state index in [0.717, 1.165) is 42.8 Å². The summed E-state index contributed by atoms with van der Waals surface area (Å²) in [5.74, 6) is 1.22. The molecule has 3 N–H and O–H groups in total. The van der Waals surface area contributed by atoms with Gasteiger partial charge in [0.1, 0.15) is 5.82 Å². The summed E-state index contributed by atoms with van der Waals surface area (Å²) >= 11 is 0. The molecule has 2 fully saturated rings. The predicted molar refractivity (Wildman–Crippen MR) is 94.8 cm³/mol. The standard InChI is InChI=1S/C19H24N4O/c1-12-3-5-14(6-4-12)19(24)10-15-7-8-16(11-19)23(15)17-9-13(2)21-18(20)22-17/h3-6,9,15-16,24H,7-8,10-11H2,1-2H3,(H2,20,21,22)/t15-,16+,19?. The number of nitrogens with two attached hydrogens (primary N) is 1. The van der Waals surface area contributed by atoms with Gasteiger partial charge in [-0.05, 0) is 32.3 Å². The molecule has 3 heterocycles. The van der Waals surface area contributed by atoms with Crippen LogP contribution in [0.4, 0.5) is 11.8 Å². The predicted octanol–water partition coefficient (Wildman–Crippen LogP) is 2.69. The van der Waals surface area contributed by atoms with Crippen molar-refractivity contribution in [3.63, 3.8) is 0 Å². The van der Waals surface area contributed by atoms with Gasteiger partial charge in [-0.3, -0.25) is 0 Å². The Kier molecular flexibility index (Phi) is 3.49. The Morgan fingerprint density at radius 1 is 1.08 bits per heavy atom. The second-order valence-electron chi connectivity index (χ2n) is 7.32. The van der Waals surface area contributed by atoms with Crippen LogP contribution in [0.15, 0.2) is 30.3 Å². The SMILES string of the molecule is Cc1ccc(C2(O)C[C@H]3CC[C@@H](C2)N3c2cc(C)nc(N)n2)cc1. The summed E-state index contributed by atoms with van der Waals surface area (Å²) in [6, 6.07) is 10.9. The van der Waals surface area contributed by atoms with Gasteiger partial charge in [-0.2, -0.15) is 4.98 Å². The summed E-state index contributed by atoms with van der Waals surface area (Å²) in [6.45, 7) is 4.01. The average molecular weight is 324 g/mol. The minimum Gasteiger partial charge on any atom is -0.385 e. The Morgan fingerprint density at radius 2 is 1.71 bits per heavy atom. The van der Waals surface area contributed by atoms with E-state index in [2.05, 4.69) is 46.1 Å². The van der Waals surface area contributed by atoms with E-state index in [9.17, 15) is 5.11 Å².